The molecule has 102 valence electrons. The first-order chi connectivity index (χ1) is 9.22. The van der Waals surface area contributed by atoms with Crippen molar-refractivity contribution in [1.82, 2.24) is 5.32 Å². The second-order valence-corrected chi connectivity index (χ2v) is 6.37. The molecule has 1 nitrogen and oxygen atoms in total. The van der Waals surface area contributed by atoms with Gasteiger partial charge in [0.1, 0.15) is 0 Å². The lowest BCUT2D eigenvalue weighted by atomic mass is 10.0. The van der Waals surface area contributed by atoms with Crippen LogP contribution in [0.1, 0.15) is 35.9 Å². The van der Waals surface area contributed by atoms with Crippen LogP contribution in [0, 0.1) is 0 Å². The van der Waals surface area contributed by atoms with Gasteiger partial charge in [-0.1, -0.05) is 49.7 Å². The lowest BCUT2D eigenvalue weighted by Gasteiger charge is -2.16. The molecule has 1 heterocycles. The largest absolute Gasteiger partial charge is 0.309 e. The van der Waals surface area contributed by atoms with E-state index >= 15 is 0 Å². The molecule has 0 saturated heterocycles. The topological polar surface area (TPSA) is 12.0 Å². The highest BCUT2D eigenvalue weighted by Gasteiger charge is 2.13. The highest BCUT2D eigenvalue weighted by Crippen LogP contribution is 2.29. The molecule has 0 radical (unpaired) electrons. The van der Waals surface area contributed by atoms with Crippen LogP contribution in [0.15, 0.2) is 36.4 Å². The number of rotatable bonds is 6. The summed E-state index contributed by atoms with van der Waals surface area (Å²) in [7, 11) is 0. The van der Waals surface area contributed by atoms with Crippen LogP contribution >= 0.6 is 22.9 Å². The van der Waals surface area contributed by atoms with Crippen molar-refractivity contribution in [2.24, 2.45) is 0 Å². The van der Waals surface area contributed by atoms with Crippen molar-refractivity contribution in [3.63, 3.8) is 0 Å². The molecule has 1 unspecified atom stereocenters. The van der Waals surface area contributed by atoms with E-state index in [2.05, 4.69) is 49.5 Å². The van der Waals surface area contributed by atoms with Gasteiger partial charge < -0.3 is 5.32 Å². The Hall–Kier alpha value is -0.830. The minimum absolute atomic E-state index is 0.356. The van der Waals surface area contributed by atoms with Crippen molar-refractivity contribution in [3.8, 4) is 0 Å². The molecule has 0 fully saturated rings. The number of hydrogen-bond donors (Lipinski definition) is 1. The van der Waals surface area contributed by atoms with Crippen LogP contribution in [0.5, 0.6) is 0 Å². The Morgan fingerprint density at radius 1 is 1.05 bits per heavy atom. The van der Waals surface area contributed by atoms with Crippen LogP contribution in [0.3, 0.4) is 0 Å². The highest BCUT2D eigenvalue weighted by atomic mass is 35.5. The SMILES string of the molecule is CCNC(Cc1ccc(CC)cc1)c1ccc(Cl)s1. The molecule has 0 saturated carbocycles. The molecule has 2 rings (SSSR count). The first-order valence-corrected chi connectivity index (χ1v) is 7.98. The Labute approximate surface area is 124 Å². The number of thiophene rings is 1. The lowest BCUT2D eigenvalue weighted by Crippen LogP contribution is -2.22. The van der Waals surface area contributed by atoms with Crippen LogP contribution in [0.4, 0.5) is 0 Å². The predicted octanol–water partition coefficient (Wildman–Crippen LogP) is 4.86. The zero-order valence-electron chi connectivity index (χ0n) is 11.4. The Morgan fingerprint density at radius 3 is 2.26 bits per heavy atom. The number of halogens is 1. The molecule has 0 aliphatic heterocycles. The van der Waals surface area contributed by atoms with Gasteiger partial charge in [0, 0.05) is 10.9 Å². The average Bonchev–Trinajstić information content (AvgIpc) is 2.86. The summed E-state index contributed by atoms with van der Waals surface area (Å²) in [6, 6.07) is 13.4. The highest BCUT2D eigenvalue weighted by molar-refractivity contribution is 7.16. The number of likely N-dealkylation sites (N-methyl/N-ethyl adjacent to an activating group) is 1. The minimum atomic E-state index is 0.356. The van der Waals surface area contributed by atoms with E-state index in [9.17, 15) is 0 Å². The van der Waals surface area contributed by atoms with Crippen LogP contribution in [-0.4, -0.2) is 6.54 Å². The van der Waals surface area contributed by atoms with E-state index in [4.69, 9.17) is 11.6 Å². The Bertz CT molecular complexity index is 504. The molecule has 3 heteroatoms. The molecule has 1 aromatic heterocycles. The number of nitrogens with one attached hydrogen (secondary N) is 1. The summed E-state index contributed by atoms with van der Waals surface area (Å²) in [4.78, 5) is 1.31. The summed E-state index contributed by atoms with van der Waals surface area (Å²) in [6.07, 6.45) is 2.10. The minimum Gasteiger partial charge on any atom is -0.309 e. The Balaban J connectivity index is 2.11. The third kappa shape index (κ3) is 4.07. The summed E-state index contributed by atoms with van der Waals surface area (Å²) < 4.78 is 0.860. The number of hydrogen-bond acceptors (Lipinski definition) is 2. The monoisotopic (exact) mass is 293 g/mol. The van der Waals surface area contributed by atoms with Gasteiger partial charge in [-0.3, -0.25) is 0 Å². The maximum Gasteiger partial charge on any atom is 0.0931 e. The van der Waals surface area contributed by atoms with Gasteiger partial charge in [-0.25, -0.2) is 0 Å². The standard InChI is InChI=1S/C16H20ClNS/c1-3-12-5-7-13(8-6-12)11-14(18-4-2)15-9-10-16(17)19-15/h5-10,14,18H,3-4,11H2,1-2H3. The summed E-state index contributed by atoms with van der Waals surface area (Å²) in [5.41, 5.74) is 2.76. The van der Waals surface area contributed by atoms with Crippen molar-refractivity contribution < 1.29 is 0 Å². The molecule has 0 amide bonds. The first-order valence-electron chi connectivity index (χ1n) is 6.79. The molecular weight excluding hydrogens is 274 g/mol. The van der Waals surface area contributed by atoms with Gasteiger partial charge >= 0.3 is 0 Å². The van der Waals surface area contributed by atoms with E-state index in [1.165, 1.54) is 16.0 Å². The molecule has 1 atom stereocenters. The second-order valence-electron chi connectivity index (χ2n) is 4.63. The third-order valence-electron chi connectivity index (χ3n) is 3.26. The van der Waals surface area contributed by atoms with Gasteiger partial charge in [-0.2, -0.15) is 0 Å². The van der Waals surface area contributed by atoms with Gasteiger partial charge in [0.15, 0.2) is 0 Å². The summed E-state index contributed by atoms with van der Waals surface area (Å²) in [6.45, 7) is 5.29. The lowest BCUT2D eigenvalue weighted by molar-refractivity contribution is 0.558. The molecule has 19 heavy (non-hydrogen) atoms. The van der Waals surface area contributed by atoms with Gasteiger partial charge in [-0.15, -0.1) is 11.3 Å². The van der Waals surface area contributed by atoms with E-state index in [0.29, 0.717) is 6.04 Å². The molecule has 0 spiro atoms. The van der Waals surface area contributed by atoms with E-state index in [1.54, 1.807) is 11.3 Å². The first kappa shape index (κ1) is 14.6. The van der Waals surface area contributed by atoms with Crippen LogP contribution < -0.4 is 5.32 Å². The fourth-order valence-corrected chi connectivity index (χ4v) is 3.32. The van der Waals surface area contributed by atoms with E-state index in [-0.39, 0.29) is 0 Å². The average molecular weight is 294 g/mol. The summed E-state index contributed by atoms with van der Waals surface area (Å²) in [5, 5.41) is 3.54. The molecule has 2 aromatic rings. The van der Waals surface area contributed by atoms with Gasteiger partial charge in [0.05, 0.1) is 4.34 Å². The normalized spacial score (nSPS) is 12.6. The summed E-state index contributed by atoms with van der Waals surface area (Å²) >= 11 is 7.70. The number of benzene rings is 1. The maximum atomic E-state index is 6.04. The van der Waals surface area contributed by atoms with Gasteiger partial charge in [0.25, 0.3) is 0 Å². The fourth-order valence-electron chi connectivity index (χ4n) is 2.18. The van der Waals surface area contributed by atoms with E-state index in [0.717, 1.165) is 23.7 Å². The predicted molar refractivity (Wildman–Crippen MR) is 85.3 cm³/mol. The molecular formula is C16H20ClNS. The van der Waals surface area contributed by atoms with E-state index in [1.807, 2.05) is 6.07 Å². The van der Waals surface area contributed by atoms with Crippen molar-refractivity contribution >= 4 is 22.9 Å². The maximum absolute atomic E-state index is 6.04. The van der Waals surface area contributed by atoms with Crippen molar-refractivity contribution in [2.45, 2.75) is 32.7 Å². The fraction of sp³-hybridized carbons (Fsp3) is 0.375. The van der Waals surface area contributed by atoms with Crippen LogP contribution in [-0.2, 0) is 12.8 Å². The molecule has 0 aliphatic rings. The third-order valence-corrected chi connectivity index (χ3v) is 4.60. The zero-order chi connectivity index (χ0) is 13.7. The quantitative estimate of drug-likeness (QED) is 0.802. The second kappa shape index (κ2) is 7.09. The zero-order valence-corrected chi connectivity index (χ0v) is 13.0. The van der Waals surface area contributed by atoms with Crippen molar-refractivity contribution in [1.29, 1.82) is 0 Å². The van der Waals surface area contributed by atoms with E-state index < -0.39 is 0 Å². The summed E-state index contributed by atoms with van der Waals surface area (Å²) in [5.74, 6) is 0. The smallest absolute Gasteiger partial charge is 0.0931 e. The Morgan fingerprint density at radius 2 is 1.74 bits per heavy atom. The molecule has 0 bridgehead atoms. The van der Waals surface area contributed by atoms with Gasteiger partial charge in [0.2, 0.25) is 0 Å². The molecule has 1 N–H and O–H groups in total. The molecule has 1 aromatic carbocycles. The van der Waals surface area contributed by atoms with Crippen LogP contribution in [0.2, 0.25) is 4.34 Å². The van der Waals surface area contributed by atoms with Crippen molar-refractivity contribution in [2.75, 3.05) is 6.54 Å². The number of aryl methyl sites for hydroxylation is 1. The molecule has 0 aliphatic carbocycles. The Kier molecular flexibility index (Phi) is 5.44. The van der Waals surface area contributed by atoms with Crippen molar-refractivity contribution in [3.05, 3.63) is 56.7 Å². The van der Waals surface area contributed by atoms with Gasteiger partial charge in [-0.05, 0) is 42.6 Å². The van der Waals surface area contributed by atoms with Crippen LogP contribution in [0.25, 0.3) is 0 Å².